The van der Waals surface area contributed by atoms with Crippen molar-refractivity contribution in [2.75, 3.05) is 6.54 Å². The Labute approximate surface area is 123 Å². The largest absolute Gasteiger partial charge is 0.487 e. The highest BCUT2D eigenvalue weighted by molar-refractivity contribution is 6.32. The Morgan fingerprint density at radius 2 is 1.85 bits per heavy atom. The zero-order chi connectivity index (χ0) is 14.4. The average molecular weight is 287 g/mol. The van der Waals surface area contributed by atoms with Gasteiger partial charge >= 0.3 is 0 Å². The van der Waals surface area contributed by atoms with Crippen molar-refractivity contribution in [3.63, 3.8) is 0 Å². The van der Waals surface area contributed by atoms with Crippen molar-refractivity contribution in [3.05, 3.63) is 64.2 Å². The number of hydrogen-bond acceptors (Lipinski definition) is 3. The van der Waals surface area contributed by atoms with Crippen LogP contribution in [0.1, 0.15) is 16.7 Å². The van der Waals surface area contributed by atoms with E-state index in [0.717, 1.165) is 11.1 Å². The van der Waals surface area contributed by atoms with E-state index in [2.05, 4.69) is 6.07 Å². The smallest absolute Gasteiger partial charge is 0.141 e. The molecule has 0 fully saturated rings. The fraction of sp³-hybridized carbons (Fsp3) is 0.188. The van der Waals surface area contributed by atoms with Gasteiger partial charge in [0.15, 0.2) is 0 Å². The fourth-order valence-electron chi connectivity index (χ4n) is 1.97. The molecule has 0 aliphatic carbocycles. The second-order valence-electron chi connectivity index (χ2n) is 4.32. The van der Waals surface area contributed by atoms with Crippen LogP contribution in [0, 0.1) is 11.3 Å². The molecule has 0 bridgehead atoms. The van der Waals surface area contributed by atoms with Gasteiger partial charge in [0, 0.05) is 5.56 Å². The molecule has 0 radical (unpaired) electrons. The molecule has 0 heterocycles. The predicted octanol–water partition coefficient (Wildman–Crippen LogP) is 3.29. The number of nitriles is 1. The summed E-state index contributed by atoms with van der Waals surface area (Å²) in [6.07, 6.45) is 0.704. The van der Waals surface area contributed by atoms with Gasteiger partial charge in [-0.25, -0.2) is 0 Å². The van der Waals surface area contributed by atoms with Crippen LogP contribution in [0.25, 0.3) is 0 Å². The van der Waals surface area contributed by atoms with E-state index in [4.69, 9.17) is 27.3 Å². The second kappa shape index (κ2) is 6.95. The highest BCUT2D eigenvalue weighted by Gasteiger charge is 2.09. The molecule has 102 valence electrons. The molecule has 0 aliphatic heterocycles. The van der Waals surface area contributed by atoms with Crippen LogP contribution in [0.5, 0.6) is 5.75 Å². The van der Waals surface area contributed by atoms with Crippen molar-refractivity contribution in [2.24, 2.45) is 5.73 Å². The Kier molecular flexibility index (Phi) is 5.00. The number of halogens is 1. The van der Waals surface area contributed by atoms with Gasteiger partial charge in [-0.1, -0.05) is 41.9 Å². The normalized spacial score (nSPS) is 10.1. The van der Waals surface area contributed by atoms with E-state index in [1.165, 1.54) is 0 Å². The van der Waals surface area contributed by atoms with Gasteiger partial charge in [0.05, 0.1) is 16.7 Å². The van der Waals surface area contributed by atoms with Crippen LogP contribution in [0.4, 0.5) is 0 Å². The number of nitrogens with zero attached hydrogens (tertiary/aromatic N) is 1. The lowest BCUT2D eigenvalue weighted by atomic mass is 10.1. The Balaban J connectivity index is 2.21. The highest BCUT2D eigenvalue weighted by Crippen LogP contribution is 2.29. The summed E-state index contributed by atoms with van der Waals surface area (Å²) in [5.41, 5.74) is 8.02. The Morgan fingerprint density at radius 3 is 2.60 bits per heavy atom. The molecule has 2 aromatic rings. The van der Waals surface area contributed by atoms with Crippen molar-refractivity contribution in [2.45, 2.75) is 13.0 Å². The summed E-state index contributed by atoms with van der Waals surface area (Å²) in [7, 11) is 0. The van der Waals surface area contributed by atoms with E-state index in [9.17, 15) is 0 Å². The van der Waals surface area contributed by atoms with Crippen molar-refractivity contribution in [1.82, 2.24) is 0 Å². The number of benzene rings is 2. The molecular weight excluding hydrogens is 272 g/mol. The van der Waals surface area contributed by atoms with Crippen LogP contribution in [0.2, 0.25) is 5.02 Å². The Morgan fingerprint density at radius 1 is 1.10 bits per heavy atom. The summed E-state index contributed by atoms with van der Waals surface area (Å²) >= 11 is 6.17. The molecule has 0 saturated heterocycles. The van der Waals surface area contributed by atoms with Gasteiger partial charge < -0.3 is 10.5 Å². The molecule has 0 amide bonds. The van der Waals surface area contributed by atoms with Gasteiger partial charge in [0.2, 0.25) is 0 Å². The van der Waals surface area contributed by atoms with Crippen molar-refractivity contribution in [1.29, 1.82) is 5.26 Å². The Hall–Kier alpha value is -2.02. The number of para-hydroxylation sites is 1. The van der Waals surface area contributed by atoms with E-state index >= 15 is 0 Å². The van der Waals surface area contributed by atoms with Gasteiger partial charge in [0.1, 0.15) is 12.4 Å². The summed E-state index contributed by atoms with van der Waals surface area (Å²) in [6.45, 7) is 0.844. The lowest BCUT2D eigenvalue weighted by Gasteiger charge is -2.13. The first-order valence-electron chi connectivity index (χ1n) is 6.34. The summed E-state index contributed by atoms with van der Waals surface area (Å²) in [5, 5.41) is 9.62. The maximum Gasteiger partial charge on any atom is 0.141 e. The molecule has 0 spiro atoms. The summed E-state index contributed by atoms with van der Waals surface area (Å²) in [6, 6.07) is 15.1. The van der Waals surface area contributed by atoms with Gasteiger partial charge in [-0.3, -0.25) is 0 Å². The average Bonchev–Trinajstić information content (AvgIpc) is 2.47. The molecular formula is C16H15ClN2O. The minimum Gasteiger partial charge on any atom is -0.487 e. The molecule has 20 heavy (non-hydrogen) atoms. The molecule has 0 unspecified atom stereocenters. The zero-order valence-corrected chi connectivity index (χ0v) is 11.7. The molecule has 0 saturated carbocycles. The molecule has 4 heteroatoms. The van der Waals surface area contributed by atoms with Gasteiger partial charge in [0.25, 0.3) is 0 Å². The first-order valence-corrected chi connectivity index (χ1v) is 6.72. The van der Waals surface area contributed by atoms with E-state index in [0.29, 0.717) is 35.9 Å². The van der Waals surface area contributed by atoms with Crippen LogP contribution >= 0.6 is 11.6 Å². The third kappa shape index (κ3) is 3.30. The molecule has 0 aromatic heterocycles. The van der Waals surface area contributed by atoms with Crippen molar-refractivity contribution < 1.29 is 4.74 Å². The fourth-order valence-corrected chi connectivity index (χ4v) is 2.22. The summed E-state index contributed by atoms with van der Waals surface area (Å²) in [5.74, 6) is 0.646. The predicted molar refractivity (Wildman–Crippen MR) is 79.7 cm³/mol. The molecule has 2 aromatic carbocycles. The lowest BCUT2D eigenvalue weighted by Crippen LogP contribution is -2.06. The van der Waals surface area contributed by atoms with Crippen molar-refractivity contribution >= 4 is 11.6 Å². The summed E-state index contributed by atoms with van der Waals surface area (Å²) in [4.78, 5) is 0. The Bertz CT molecular complexity index is 635. The van der Waals surface area contributed by atoms with Gasteiger partial charge in [-0.05, 0) is 30.7 Å². The maximum absolute atomic E-state index is 9.06. The van der Waals surface area contributed by atoms with Crippen molar-refractivity contribution in [3.8, 4) is 11.8 Å². The molecule has 2 N–H and O–H groups in total. The number of nitrogens with two attached hydrogens (primary N) is 1. The number of ether oxygens (including phenoxy) is 1. The van der Waals surface area contributed by atoms with E-state index < -0.39 is 0 Å². The van der Waals surface area contributed by atoms with Crippen LogP contribution in [0.3, 0.4) is 0 Å². The van der Waals surface area contributed by atoms with E-state index in [1.807, 2.05) is 30.3 Å². The lowest BCUT2D eigenvalue weighted by molar-refractivity contribution is 0.303. The van der Waals surface area contributed by atoms with Gasteiger partial charge in [-0.15, -0.1) is 0 Å². The number of hydrogen-bond donors (Lipinski definition) is 1. The molecule has 2 rings (SSSR count). The quantitative estimate of drug-likeness (QED) is 0.917. The van der Waals surface area contributed by atoms with Crippen LogP contribution in [0.15, 0.2) is 42.5 Å². The molecule has 3 nitrogen and oxygen atoms in total. The summed E-state index contributed by atoms with van der Waals surface area (Å²) < 4.78 is 5.81. The maximum atomic E-state index is 9.06. The standard InChI is InChI=1S/C16H15ClN2O/c17-15-7-3-6-12(8-9-18)16(15)20-11-14-5-2-1-4-13(14)10-19/h1-7H,8-9,11,18H2. The number of rotatable bonds is 5. The zero-order valence-electron chi connectivity index (χ0n) is 11.0. The third-order valence-electron chi connectivity index (χ3n) is 2.97. The minimum absolute atomic E-state index is 0.311. The minimum atomic E-state index is 0.311. The topological polar surface area (TPSA) is 59.0 Å². The van der Waals surface area contributed by atoms with Crippen LogP contribution in [-0.4, -0.2) is 6.54 Å². The van der Waals surface area contributed by atoms with E-state index in [-0.39, 0.29) is 0 Å². The second-order valence-corrected chi connectivity index (χ2v) is 4.73. The third-order valence-corrected chi connectivity index (χ3v) is 3.27. The highest BCUT2D eigenvalue weighted by atomic mass is 35.5. The SMILES string of the molecule is N#Cc1ccccc1COc1c(Cl)cccc1CCN. The van der Waals surface area contributed by atoms with E-state index in [1.54, 1.807) is 12.1 Å². The van der Waals surface area contributed by atoms with Crippen LogP contribution < -0.4 is 10.5 Å². The van der Waals surface area contributed by atoms with Gasteiger partial charge in [-0.2, -0.15) is 5.26 Å². The first kappa shape index (κ1) is 14.4. The first-order chi connectivity index (χ1) is 9.76. The molecule has 0 aliphatic rings. The molecule has 0 atom stereocenters. The monoisotopic (exact) mass is 286 g/mol. The van der Waals surface area contributed by atoms with Crippen LogP contribution in [-0.2, 0) is 13.0 Å².